The maximum atomic E-state index is 6.52. The fraction of sp³-hybridized carbons (Fsp3) is 0.625. The van der Waals surface area contributed by atoms with E-state index < -0.39 is 0 Å². The van der Waals surface area contributed by atoms with Crippen LogP contribution in [0.2, 0.25) is 0 Å². The van der Waals surface area contributed by atoms with Gasteiger partial charge >= 0.3 is 0 Å². The zero-order chi connectivity index (χ0) is 12.8. The molecule has 0 saturated carbocycles. The first-order valence-electron chi connectivity index (χ1n) is 7.08. The second kappa shape index (κ2) is 7.16. The Balaban J connectivity index is 1.72. The van der Waals surface area contributed by atoms with Crippen LogP contribution in [0, 0.1) is 5.92 Å². The van der Waals surface area contributed by atoms with Gasteiger partial charge in [-0.15, -0.1) is 11.6 Å². The Hall–Kier alpha value is -0.530. The standard InChI is InChI=1S/C16H23ClO/c1-13(7-5-10-15-11-6-12-18-15)16(17)14-8-3-2-4-9-14/h2-4,8-9,13,15-16H,5-7,10-12H2,1H3. The number of alkyl halides is 1. The minimum absolute atomic E-state index is 0.135. The molecule has 1 aliphatic heterocycles. The lowest BCUT2D eigenvalue weighted by Gasteiger charge is -2.19. The zero-order valence-electron chi connectivity index (χ0n) is 11.1. The van der Waals surface area contributed by atoms with Crippen molar-refractivity contribution in [1.82, 2.24) is 0 Å². The molecule has 1 nitrogen and oxygen atoms in total. The Morgan fingerprint density at radius 2 is 2.11 bits per heavy atom. The number of halogens is 1. The Kier molecular flexibility index (Phi) is 5.52. The Bertz CT molecular complexity index is 332. The summed E-state index contributed by atoms with van der Waals surface area (Å²) >= 11 is 6.52. The summed E-state index contributed by atoms with van der Waals surface area (Å²) < 4.78 is 5.65. The maximum Gasteiger partial charge on any atom is 0.0610 e. The van der Waals surface area contributed by atoms with Gasteiger partial charge in [-0.2, -0.15) is 0 Å². The van der Waals surface area contributed by atoms with Gasteiger partial charge in [0.1, 0.15) is 0 Å². The highest BCUT2D eigenvalue weighted by Crippen LogP contribution is 2.32. The minimum atomic E-state index is 0.135. The van der Waals surface area contributed by atoms with E-state index in [0.717, 1.165) is 6.61 Å². The lowest BCUT2D eigenvalue weighted by molar-refractivity contribution is 0.101. The molecular weight excluding hydrogens is 244 g/mol. The van der Waals surface area contributed by atoms with E-state index in [9.17, 15) is 0 Å². The summed E-state index contributed by atoms with van der Waals surface area (Å²) in [6, 6.07) is 10.4. The van der Waals surface area contributed by atoms with Crippen molar-refractivity contribution in [3.63, 3.8) is 0 Å². The van der Waals surface area contributed by atoms with Crippen LogP contribution in [0.25, 0.3) is 0 Å². The summed E-state index contributed by atoms with van der Waals surface area (Å²) in [4.78, 5) is 0. The first-order chi connectivity index (χ1) is 8.77. The highest BCUT2D eigenvalue weighted by molar-refractivity contribution is 6.20. The van der Waals surface area contributed by atoms with E-state index in [-0.39, 0.29) is 5.38 Å². The van der Waals surface area contributed by atoms with Gasteiger partial charge in [-0.3, -0.25) is 0 Å². The molecule has 1 heterocycles. The molecule has 0 N–H and O–H groups in total. The van der Waals surface area contributed by atoms with Gasteiger partial charge in [0.2, 0.25) is 0 Å². The van der Waals surface area contributed by atoms with Crippen LogP contribution in [0.3, 0.4) is 0 Å². The average molecular weight is 267 g/mol. The van der Waals surface area contributed by atoms with Gasteiger partial charge in [0.05, 0.1) is 11.5 Å². The fourth-order valence-electron chi connectivity index (χ4n) is 2.65. The molecule has 2 rings (SSSR count). The van der Waals surface area contributed by atoms with Crippen molar-refractivity contribution in [2.45, 2.75) is 50.5 Å². The zero-order valence-corrected chi connectivity index (χ0v) is 11.9. The van der Waals surface area contributed by atoms with Crippen molar-refractivity contribution < 1.29 is 4.74 Å². The summed E-state index contributed by atoms with van der Waals surface area (Å²) in [7, 11) is 0. The van der Waals surface area contributed by atoms with Crippen molar-refractivity contribution >= 4 is 11.6 Å². The molecule has 0 aromatic heterocycles. The molecular formula is C16H23ClO. The van der Waals surface area contributed by atoms with Crippen LogP contribution in [0.15, 0.2) is 30.3 Å². The van der Waals surface area contributed by atoms with Crippen LogP contribution < -0.4 is 0 Å². The van der Waals surface area contributed by atoms with Gasteiger partial charge in [0.15, 0.2) is 0 Å². The van der Waals surface area contributed by atoms with Crippen LogP contribution >= 0.6 is 11.6 Å². The average Bonchev–Trinajstić information content (AvgIpc) is 2.92. The SMILES string of the molecule is CC(CCCC1CCCO1)C(Cl)c1ccccc1. The van der Waals surface area contributed by atoms with Crippen LogP contribution in [-0.2, 0) is 4.74 Å². The highest BCUT2D eigenvalue weighted by Gasteiger charge is 2.18. The first-order valence-corrected chi connectivity index (χ1v) is 7.51. The van der Waals surface area contributed by atoms with E-state index in [1.807, 2.05) is 6.07 Å². The molecule has 1 aromatic rings. The van der Waals surface area contributed by atoms with E-state index in [2.05, 4.69) is 31.2 Å². The number of hydrogen-bond acceptors (Lipinski definition) is 1. The number of benzene rings is 1. The van der Waals surface area contributed by atoms with E-state index in [4.69, 9.17) is 16.3 Å². The Labute approximate surface area is 115 Å². The third-order valence-electron chi connectivity index (χ3n) is 3.83. The third kappa shape index (κ3) is 4.00. The van der Waals surface area contributed by atoms with Gasteiger partial charge in [-0.1, -0.05) is 43.7 Å². The van der Waals surface area contributed by atoms with E-state index in [1.54, 1.807) is 0 Å². The number of hydrogen-bond donors (Lipinski definition) is 0. The summed E-state index contributed by atoms with van der Waals surface area (Å²) in [6.07, 6.45) is 6.61. The molecule has 2 heteroatoms. The normalized spacial score (nSPS) is 22.9. The Morgan fingerprint density at radius 3 is 2.78 bits per heavy atom. The summed E-state index contributed by atoms with van der Waals surface area (Å²) in [5.74, 6) is 0.524. The molecule has 1 aromatic carbocycles. The smallest absolute Gasteiger partial charge is 0.0610 e. The van der Waals surface area contributed by atoms with Crippen LogP contribution in [0.5, 0.6) is 0 Å². The fourth-order valence-corrected chi connectivity index (χ4v) is 2.92. The van der Waals surface area contributed by atoms with Crippen LogP contribution in [0.1, 0.15) is 50.0 Å². The molecule has 0 amide bonds. The molecule has 1 saturated heterocycles. The van der Waals surface area contributed by atoms with E-state index >= 15 is 0 Å². The topological polar surface area (TPSA) is 9.23 Å². The minimum Gasteiger partial charge on any atom is -0.378 e. The van der Waals surface area contributed by atoms with Crippen LogP contribution in [0.4, 0.5) is 0 Å². The second-order valence-corrected chi connectivity index (χ2v) is 5.83. The first kappa shape index (κ1) is 13.9. The molecule has 0 aliphatic carbocycles. The molecule has 0 radical (unpaired) electrons. The molecule has 1 fully saturated rings. The molecule has 3 atom stereocenters. The van der Waals surface area contributed by atoms with Crippen molar-refractivity contribution in [3.05, 3.63) is 35.9 Å². The number of rotatable bonds is 6. The summed E-state index contributed by atoms with van der Waals surface area (Å²) in [5.41, 5.74) is 1.24. The number of ether oxygens (including phenoxy) is 1. The Morgan fingerprint density at radius 1 is 1.33 bits per heavy atom. The third-order valence-corrected chi connectivity index (χ3v) is 4.51. The lowest BCUT2D eigenvalue weighted by Crippen LogP contribution is -2.08. The lowest BCUT2D eigenvalue weighted by atomic mass is 9.94. The monoisotopic (exact) mass is 266 g/mol. The highest BCUT2D eigenvalue weighted by atomic mass is 35.5. The molecule has 100 valence electrons. The second-order valence-electron chi connectivity index (χ2n) is 5.36. The summed E-state index contributed by atoms with van der Waals surface area (Å²) in [6.45, 7) is 3.21. The van der Waals surface area contributed by atoms with Gasteiger partial charge in [0.25, 0.3) is 0 Å². The largest absolute Gasteiger partial charge is 0.378 e. The van der Waals surface area contributed by atoms with Gasteiger partial charge in [0, 0.05) is 6.61 Å². The van der Waals surface area contributed by atoms with Crippen LogP contribution in [-0.4, -0.2) is 12.7 Å². The van der Waals surface area contributed by atoms with Gasteiger partial charge in [-0.05, 0) is 37.2 Å². The quantitative estimate of drug-likeness (QED) is 0.662. The van der Waals surface area contributed by atoms with Crippen molar-refractivity contribution in [3.8, 4) is 0 Å². The van der Waals surface area contributed by atoms with Crippen molar-refractivity contribution in [2.75, 3.05) is 6.61 Å². The van der Waals surface area contributed by atoms with Crippen molar-refractivity contribution in [1.29, 1.82) is 0 Å². The van der Waals surface area contributed by atoms with Gasteiger partial charge < -0.3 is 4.74 Å². The van der Waals surface area contributed by atoms with E-state index in [1.165, 1.54) is 37.7 Å². The van der Waals surface area contributed by atoms with Crippen molar-refractivity contribution in [2.24, 2.45) is 5.92 Å². The predicted molar refractivity (Wildman–Crippen MR) is 77.0 cm³/mol. The molecule has 0 spiro atoms. The molecule has 18 heavy (non-hydrogen) atoms. The van der Waals surface area contributed by atoms with Gasteiger partial charge in [-0.25, -0.2) is 0 Å². The van der Waals surface area contributed by atoms with E-state index in [0.29, 0.717) is 12.0 Å². The maximum absolute atomic E-state index is 6.52. The molecule has 1 aliphatic rings. The molecule has 0 bridgehead atoms. The molecule has 3 unspecified atom stereocenters. The predicted octanol–water partition coefficient (Wildman–Crippen LogP) is 4.95. The summed E-state index contributed by atoms with van der Waals surface area (Å²) in [5, 5.41) is 0.135.